The molecule has 0 radical (unpaired) electrons. The fourth-order valence-electron chi connectivity index (χ4n) is 2.72. The van der Waals surface area contributed by atoms with Crippen molar-refractivity contribution in [2.75, 3.05) is 17.7 Å². The molecule has 0 aliphatic heterocycles. The van der Waals surface area contributed by atoms with Gasteiger partial charge in [0.1, 0.15) is 16.2 Å². The van der Waals surface area contributed by atoms with E-state index in [9.17, 15) is 13.6 Å². The lowest BCUT2D eigenvalue weighted by Gasteiger charge is -2.20. The van der Waals surface area contributed by atoms with Crippen LogP contribution in [0.25, 0.3) is 10.3 Å². The lowest BCUT2D eigenvalue weighted by atomic mass is 9.97. The summed E-state index contributed by atoms with van der Waals surface area (Å²) in [5.74, 6) is -1.86. The van der Waals surface area contributed by atoms with Crippen molar-refractivity contribution in [2.24, 2.45) is 0 Å². The minimum absolute atomic E-state index is 0. The zero-order chi connectivity index (χ0) is 22.1. The van der Waals surface area contributed by atoms with Crippen LogP contribution in [0.2, 0.25) is 0 Å². The molecule has 31 heavy (non-hydrogen) atoms. The molecular formula is C21H29BrF2N4OS2. The van der Waals surface area contributed by atoms with Crippen LogP contribution >= 0.6 is 38.6 Å². The first-order valence-electron chi connectivity index (χ1n) is 9.72. The van der Waals surface area contributed by atoms with Crippen molar-refractivity contribution in [3.63, 3.8) is 0 Å². The zero-order valence-electron chi connectivity index (χ0n) is 17.1. The molecule has 3 heterocycles. The molecule has 3 aromatic heterocycles. The molecule has 1 aliphatic rings. The SMILES string of the molecule is C.CC.CNc1cnc2scc(C(=O)Nc3cscc3Br)c2n1.FC1(F)CCCCC1. The number of hydrogen-bond donors (Lipinski definition) is 2. The van der Waals surface area contributed by atoms with E-state index in [4.69, 9.17) is 0 Å². The Bertz CT molecular complexity index is 954. The number of halogens is 3. The van der Waals surface area contributed by atoms with E-state index in [1.54, 1.807) is 18.6 Å². The summed E-state index contributed by atoms with van der Waals surface area (Å²) in [7, 11) is 1.77. The molecule has 1 saturated carbocycles. The van der Waals surface area contributed by atoms with Crippen LogP contribution in [0.1, 0.15) is 63.7 Å². The van der Waals surface area contributed by atoms with Crippen molar-refractivity contribution in [3.8, 4) is 0 Å². The Morgan fingerprint density at radius 3 is 2.35 bits per heavy atom. The number of rotatable bonds is 3. The number of amides is 1. The van der Waals surface area contributed by atoms with E-state index in [1.807, 2.05) is 24.6 Å². The summed E-state index contributed by atoms with van der Waals surface area (Å²) in [5.41, 5.74) is 1.91. The smallest absolute Gasteiger partial charge is 0.258 e. The fourth-order valence-corrected chi connectivity index (χ4v) is 4.88. The van der Waals surface area contributed by atoms with Crippen molar-refractivity contribution >= 4 is 66.4 Å². The first-order chi connectivity index (χ1) is 14.4. The van der Waals surface area contributed by atoms with Crippen LogP contribution in [0.15, 0.2) is 26.8 Å². The summed E-state index contributed by atoms with van der Waals surface area (Å²) in [6, 6.07) is 0. The van der Waals surface area contributed by atoms with Gasteiger partial charge in [-0.25, -0.2) is 18.7 Å². The third-order valence-electron chi connectivity index (χ3n) is 4.23. The molecule has 0 spiro atoms. The first kappa shape index (κ1) is 27.4. The largest absolute Gasteiger partial charge is 0.372 e. The Hall–Kier alpha value is -1.65. The molecule has 4 rings (SSSR count). The van der Waals surface area contributed by atoms with Crippen LogP contribution in [0.4, 0.5) is 20.3 Å². The molecular weight excluding hydrogens is 506 g/mol. The first-order valence-corrected chi connectivity index (χ1v) is 12.3. The van der Waals surface area contributed by atoms with Gasteiger partial charge in [0.2, 0.25) is 5.92 Å². The monoisotopic (exact) mass is 534 g/mol. The van der Waals surface area contributed by atoms with E-state index in [1.165, 1.54) is 22.7 Å². The van der Waals surface area contributed by atoms with E-state index < -0.39 is 5.92 Å². The third kappa shape index (κ3) is 7.76. The van der Waals surface area contributed by atoms with Crippen molar-refractivity contribution in [1.29, 1.82) is 0 Å². The molecule has 2 N–H and O–H groups in total. The van der Waals surface area contributed by atoms with Gasteiger partial charge in [-0.2, -0.15) is 0 Å². The topological polar surface area (TPSA) is 66.9 Å². The number of carbonyl (C=O) groups is 1. The van der Waals surface area contributed by atoms with Gasteiger partial charge in [0.25, 0.3) is 5.91 Å². The van der Waals surface area contributed by atoms with Gasteiger partial charge in [-0.15, -0.1) is 22.7 Å². The molecule has 10 heteroatoms. The van der Waals surface area contributed by atoms with Gasteiger partial charge < -0.3 is 10.6 Å². The highest BCUT2D eigenvalue weighted by molar-refractivity contribution is 9.10. The maximum absolute atomic E-state index is 12.3. The van der Waals surface area contributed by atoms with Crippen molar-refractivity contribution in [1.82, 2.24) is 9.97 Å². The quantitative estimate of drug-likeness (QED) is 0.356. The minimum atomic E-state index is -2.32. The molecule has 0 bridgehead atoms. The Kier molecular flexibility index (Phi) is 11.5. The number of anilines is 2. The van der Waals surface area contributed by atoms with E-state index in [-0.39, 0.29) is 26.2 Å². The number of thiophene rings is 2. The highest BCUT2D eigenvalue weighted by atomic mass is 79.9. The molecule has 0 atom stereocenters. The molecule has 172 valence electrons. The molecule has 1 aliphatic carbocycles. The van der Waals surface area contributed by atoms with Crippen molar-refractivity contribution in [2.45, 2.75) is 59.3 Å². The number of hydrogen-bond acceptors (Lipinski definition) is 6. The van der Waals surface area contributed by atoms with E-state index in [0.717, 1.165) is 21.4 Å². The van der Waals surface area contributed by atoms with Gasteiger partial charge in [-0.1, -0.05) is 27.7 Å². The standard InChI is InChI=1S/C12H9BrN4OS2.C6H10F2.C2H6.CH4/c1-14-9-2-15-12-10(17-9)6(3-20-12)11(18)16-8-5-19-4-7(8)13;7-6(8)4-2-1-3-5-6;1-2;/h2-5H,1H3,(H,14,17)(H,16,18);1-5H2;1-2H3;1H4. The maximum Gasteiger partial charge on any atom is 0.258 e. The van der Waals surface area contributed by atoms with E-state index >= 15 is 0 Å². The maximum atomic E-state index is 12.3. The van der Waals surface area contributed by atoms with Crippen molar-refractivity contribution in [3.05, 3.63) is 32.4 Å². The molecule has 3 aromatic rings. The van der Waals surface area contributed by atoms with Gasteiger partial charge in [-0.3, -0.25) is 4.79 Å². The second kappa shape index (κ2) is 13.0. The Labute approximate surface area is 198 Å². The number of nitrogens with zero attached hydrogens (tertiary/aromatic N) is 2. The summed E-state index contributed by atoms with van der Waals surface area (Å²) in [6.45, 7) is 4.00. The van der Waals surface area contributed by atoms with Gasteiger partial charge in [0.15, 0.2) is 0 Å². The van der Waals surface area contributed by atoms with Crippen molar-refractivity contribution < 1.29 is 13.6 Å². The predicted molar refractivity (Wildman–Crippen MR) is 133 cm³/mol. The highest BCUT2D eigenvalue weighted by Crippen LogP contribution is 2.32. The van der Waals surface area contributed by atoms with E-state index in [2.05, 4.69) is 36.5 Å². The van der Waals surface area contributed by atoms with Crippen LogP contribution in [-0.4, -0.2) is 28.8 Å². The number of carbonyl (C=O) groups excluding carboxylic acids is 1. The Morgan fingerprint density at radius 2 is 1.84 bits per heavy atom. The van der Waals surface area contributed by atoms with Crippen LogP contribution in [0, 0.1) is 0 Å². The van der Waals surface area contributed by atoms with Crippen LogP contribution in [0.5, 0.6) is 0 Å². The Morgan fingerprint density at radius 1 is 1.16 bits per heavy atom. The molecule has 0 aromatic carbocycles. The lowest BCUT2D eigenvalue weighted by molar-refractivity contribution is -0.0337. The summed E-state index contributed by atoms with van der Waals surface area (Å²) >= 11 is 6.32. The van der Waals surface area contributed by atoms with Gasteiger partial charge in [0, 0.05) is 36.0 Å². The highest BCUT2D eigenvalue weighted by Gasteiger charge is 2.30. The molecule has 0 saturated heterocycles. The Balaban J connectivity index is 0.000000369. The summed E-state index contributed by atoms with van der Waals surface area (Å²) in [4.78, 5) is 21.7. The summed E-state index contributed by atoms with van der Waals surface area (Å²) < 4.78 is 25.3. The fraction of sp³-hybridized carbons (Fsp3) is 0.476. The summed E-state index contributed by atoms with van der Waals surface area (Å²) in [5, 5.41) is 11.4. The summed E-state index contributed by atoms with van der Waals surface area (Å²) in [6.07, 6.45) is 4.31. The number of alkyl halides is 2. The zero-order valence-corrected chi connectivity index (χ0v) is 20.3. The van der Waals surface area contributed by atoms with E-state index in [0.29, 0.717) is 29.7 Å². The number of aromatic nitrogens is 2. The lowest BCUT2D eigenvalue weighted by Crippen LogP contribution is -2.18. The van der Waals surface area contributed by atoms with Crippen LogP contribution in [-0.2, 0) is 0 Å². The molecule has 1 amide bonds. The average Bonchev–Trinajstić information content (AvgIpc) is 3.35. The second-order valence-electron chi connectivity index (χ2n) is 6.31. The number of fused-ring (bicyclic) bond motifs is 1. The number of nitrogens with one attached hydrogen (secondary N) is 2. The molecule has 0 unspecified atom stereocenters. The van der Waals surface area contributed by atoms with Gasteiger partial charge in [-0.05, 0) is 28.8 Å². The molecule has 1 fully saturated rings. The van der Waals surface area contributed by atoms with Crippen LogP contribution in [0.3, 0.4) is 0 Å². The molecule has 5 nitrogen and oxygen atoms in total. The predicted octanol–water partition coefficient (Wildman–Crippen LogP) is 8.06. The van der Waals surface area contributed by atoms with Gasteiger partial charge >= 0.3 is 0 Å². The second-order valence-corrected chi connectivity index (χ2v) is 8.77. The minimum Gasteiger partial charge on any atom is -0.372 e. The van der Waals surface area contributed by atoms with Crippen LogP contribution < -0.4 is 10.6 Å². The third-order valence-corrected chi connectivity index (χ3v) is 6.81. The average molecular weight is 536 g/mol. The normalized spacial score (nSPS) is 14.3. The van der Waals surface area contributed by atoms with Gasteiger partial charge in [0.05, 0.1) is 21.9 Å².